The molecule has 24 heavy (non-hydrogen) atoms. The van der Waals surface area contributed by atoms with Crippen LogP contribution >= 0.6 is 0 Å². The first-order chi connectivity index (χ1) is 11.6. The molecule has 0 unspecified atom stereocenters. The summed E-state index contributed by atoms with van der Waals surface area (Å²) in [7, 11) is 0. The Morgan fingerprint density at radius 1 is 1.12 bits per heavy atom. The first kappa shape index (κ1) is 18.1. The summed E-state index contributed by atoms with van der Waals surface area (Å²) in [5, 5.41) is 2.99. The quantitative estimate of drug-likeness (QED) is 0.738. The standard InChI is InChI=1S/C21H27NO2/c1-4-19(24-20-13-6-5-10-17(20)3)21(23)22-14-8-12-18-11-7-9-16(2)15-18/h5-7,9-11,13,15,19H,4,8,12,14H2,1-3H3,(H,22,23)/t19-/m1/s1. The van der Waals surface area contributed by atoms with Crippen molar-refractivity contribution in [2.75, 3.05) is 6.54 Å². The maximum atomic E-state index is 12.3. The molecular weight excluding hydrogens is 298 g/mol. The van der Waals surface area contributed by atoms with Gasteiger partial charge in [0.15, 0.2) is 6.10 Å². The first-order valence-corrected chi connectivity index (χ1v) is 8.65. The number of hydrogen-bond acceptors (Lipinski definition) is 2. The van der Waals surface area contributed by atoms with Crippen LogP contribution in [-0.2, 0) is 11.2 Å². The van der Waals surface area contributed by atoms with Crippen LogP contribution in [0, 0.1) is 13.8 Å². The van der Waals surface area contributed by atoms with Crippen LogP contribution in [0.2, 0.25) is 0 Å². The summed E-state index contributed by atoms with van der Waals surface area (Å²) in [4.78, 5) is 12.3. The number of nitrogens with one attached hydrogen (secondary N) is 1. The third-order valence-electron chi connectivity index (χ3n) is 4.05. The van der Waals surface area contributed by atoms with E-state index in [9.17, 15) is 4.79 Å². The fraction of sp³-hybridized carbons (Fsp3) is 0.381. The molecule has 1 N–H and O–H groups in total. The number of rotatable bonds is 8. The minimum absolute atomic E-state index is 0.0370. The van der Waals surface area contributed by atoms with E-state index in [4.69, 9.17) is 4.74 Å². The Hall–Kier alpha value is -2.29. The zero-order chi connectivity index (χ0) is 17.4. The van der Waals surface area contributed by atoms with E-state index in [-0.39, 0.29) is 5.91 Å². The fourth-order valence-corrected chi connectivity index (χ4v) is 2.65. The molecule has 0 saturated heterocycles. The van der Waals surface area contributed by atoms with Crippen LogP contribution in [0.5, 0.6) is 5.75 Å². The SMILES string of the molecule is CC[C@@H](Oc1ccccc1C)C(=O)NCCCc1cccc(C)c1. The minimum atomic E-state index is -0.440. The Morgan fingerprint density at radius 3 is 2.62 bits per heavy atom. The molecular formula is C21H27NO2. The molecule has 0 aliphatic heterocycles. The van der Waals surface area contributed by atoms with Crippen LogP contribution in [0.15, 0.2) is 48.5 Å². The van der Waals surface area contributed by atoms with Gasteiger partial charge in [-0.15, -0.1) is 0 Å². The molecule has 0 heterocycles. The van der Waals surface area contributed by atoms with Gasteiger partial charge in [-0.1, -0.05) is 55.0 Å². The molecule has 0 radical (unpaired) electrons. The topological polar surface area (TPSA) is 38.3 Å². The second-order valence-corrected chi connectivity index (χ2v) is 6.16. The van der Waals surface area contributed by atoms with E-state index in [0.717, 1.165) is 24.2 Å². The predicted molar refractivity (Wildman–Crippen MR) is 98.4 cm³/mol. The number of ether oxygens (including phenoxy) is 1. The van der Waals surface area contributed by atoms with Gasteiger partial charge < -0.3 is 10.1 Å². The van der Waals surface area contributed by atoms with Crippen molar-refractivity contribution in [3.8, 4) is 5.75 Å². The van der Waals surface area contributed by atoms with E-state index >= 15 is 0 Å². The van der Waals surface area contributed by atoms with Gasteiger partial charge in [-0.3, -0.25) is 4.79 Å². The molecule has 0 aliphatic rings. The molecule has 0 spiro atoms. The van der Waals surface area contributed by atoms with Crippen molar-refractivity contribution in [3.05, 3.63) is 65.2 Å². The van der Waals surface area contributed by atoms with Crippen molar-refractivity contribution in [1.29, 1.82) is 0 Å². The van der Waals surface area contributed by atoms with Gasteiger partial charge in [0, 0.05) is 6.54 Å². The zero-order valence-corrected chi connectivity index (χ0v) is 14.8. The van der Waals surface area contributed by atoms with Crippen molar-refractivity contribution in [3.63, 3.8) is 0 Å². The van der Waals surface area contributed by atoms with Gasteiger partial charge in [0.1, 0.15) is 5.75 Å². The molecule has 0 aliphatic carbocycles. The van der Waals surface area contributed by atoms with Gasteiger partial charge >= 0.3 is 0 Å². The van der Waals surface area contributed by atoms with E-state index in [1.807, 2.05) is 38.1 Å². The molecule has 0 aromatic heterocycles. The summed E-state index contributed by atoms with van der Waals surface area (Å²) in [6.07, 6.45) is 2.11. The molecule has 3 nitrogen and oxygen atoms in total. The average molecular weight is 325 g/mol. The van der Waals surface area contributed by atoms with E-state index in [1.165, 1.54) is 11.1 Å². The highest BCUT2D eigenvalue weighted by atomic mass is 16.5. The van der Waals surface area contributed by atoms with Crippen molar-refractivity contribution < 1.29 is 9.53 Å². The summed E-state index contributed by atoms with van der Waals surface area (Å²) in [6, 6.07) is 16.3. The van der Waals surface area contributed by atoms with Gasteiger partial charge in [0.2, 0.25) is 0 Å². The van der Waals surface area contributed by atoms with Crippen LogP contribution in [-0.4, -0.2) is 18.6 Å². The smallest absolute Gasteiger partial charge is 0.261 e. The maximum absolute atomic E-state index is 12.3. The van der Waals surface area contributed by atoms with Gasteiger partial charge in [0.25, 0.3) is 5.91 Å². The van der Waals surface area contributed by atoms with Crippen LogP contribution in [0.3, 0.4) is 0 Å². The van der Waals surface area contributed by atoms with Gasteiger partial charge in [-0.05, 0) is 50.3 Å². The van der Waals surface area contributed by atoms with Crippen molar-refractivity contribution >= 4 is 5.91 Å². The van der Waals surface area contributed by atoms with E-state index < -0.39 is 6.10 Å². The highest BCUT2D eigenvalue weighted by Gasteiger charge is 2.18. The second-order valence-electron chi connectivity index (χ2n) is 6.16. The Morgan fingerprint density at radius 2 is 1.92 bits per heavy atom. The summed E-state index contributed by atoms with van der Waals surface area (Å²) in [5.41, 5.74) is 3.63. The number of para-hydroxylation sites is 1. The highest BCUT2D eigenvalue weighted by Crippen LogP contribution is 2.18. The van der Waals surface area contributed by atoms with Crippen molar-refractivity contribution in [2.24, 2.45) is 0 Å². The zero-order valence-electron chi connectivity index (χ0n) is 14.8. The first-order valence-electron chi connectivity index (χ1n) is 8.65. The molecule has 2 rings (SSSR count). The fourth-order valence-electron chi connectivity index (χ4n) is 2.65. The highest BCUT2D eigenvalue weighted by molar-refractivity contribution is 5.81. The number of carbonyl (C=O) groups is 1. The van der Waals surface area contributed by atoms with Gasteiger partial charge in [0.05, 0.1) is 0 Å². The molecule has 3 heteroatoms. The largest absolute Gasteiger partial charge is 0.480 e. The molecule has 0 bridgehead atoms. The minimum Gasteiger partial charge on any atom is -0.480 e. The van der Waals surface area contributed by atoms with Crippen molar-refractivity contribution in [2.45, 2.75) is 46.1 Å². The van der Waals surface area contributed by atoms with E-state index in [2.05, 4.69) is 36.5 Å². The lowest BCUT2D eigenvalue weighted by Crippen LogP contribution is -2.38. The van der Waals surface area contributed by atoms with Crippen LogP contribution in [0.1, 0.15) is 36.5 Å². The molecule has 2 aromatic carbocycles. The summed E-state index contributed by atoms with van der Waals surface area (Å²) < 4.78 is 5.88. The Balaban J connectivity index is 1.78. The normalized spacial score (nSPS) is 11.8. The lowest BCUT2D eigenvalue weighted by Gasteiger charge is -2.18. The van der Waals surface area contributed by atoms with Crippen LogP contribution in [0.4, 0.5) is 0 Å². The lowest BCUT2D eigenvalue weighted by molar-refractivity contribution is -0.128. The Kier molecular flexibility index (Phi) is 6.86. The van der Waals surface area contributed by atoms with Gasteiger partial charge in [-0.2, -0.15) is 0 Å². The summed E-state index contributed by atoms with van der Waals surface area (Å²) >= 11 is 0. The number of aryl methyl sites for hydroxylation is 3. The molecule has 1 atom stereocenters. The number of amides is 1. The third-order valence-corrected chi connectivity index (χ3v) is 4.05. The molecule has 0 saturated carbocycles. The number of carbonyl (C=O) groups excluding carboxylic acids is 1. The summed E-state index contributed by atoms with van der Waals surface area (Å²) in [5.74, 6) is 0.740. The Bertz CT molecular complexity index is 666. The lowest BCUT2D eigenvalue weighted by atomic mass is 10.1. The van der Waals surface area contributed by atoms with Crippen molar-refractivity contribution in [1.82, 2.24) is 5.32 Å². The molecule has 0 fully saturated rings. The predicted octanol–water partition coefficient (Wildman–Crippen LogP) is 4.21. The van der Waals surface area contributed by atoms with Crippen LogP contribution < -0.4 is 10.1 Å². The van der Waals surface area contributed by atoms with E-state index in [0.29, 0.717) is 13.0 Å². The van der Waals surface area contributed by atoms with E-state index in [1.54, 1.807) is 0 Å². The number of hydrogen-bond donors (Lipinski definition) is 1. The number of benzene rings is 2. The van der Waals surface area contributed by atoms with Gasteiger partial charge in [-0.25, -0.2) is 0 Å². The average Bonchev–Trinajstić information content (AvgIpc) is 2.58. The maximum Gasteiger partial charge on any atom is 0.261 e. The molecule has 2 aromatic rings. The Labute approximate surface area is 145 Å². The summed E-state index contributed by atoms with van der Waals surface area (Å²) in [6.45, 7) is 6.72. The molecule has 128 valence electrons. The van der Waals surface area contributed by atoms with Crippen LogP contribution in [0.25, 0.3) is 0 Å². The third kappa shape index (κ3) is 5.41. The second kappa shape index (κ2) is 9.11. The monoisotopic (exact) mass is 325 g/mol. The molecule has 1 amide bonds.